The number of ether oxygens (including phenoxy) is 2. The smallest absolute Gasteiger partial charge is 0.436 e. The third-order valence-electron chi connectivity index (χ3n) is 2.56. The van der Waals surface area contributed by atoms with Crippen molar-refractivity contribution in [2.45, 2.75) is 25.6 Å². The number of benzene rings is 1. The van der Waals surface area contributed by atoms with Crippen molar-refractivity contribution in [3.63, 3.8) is 0 Å². The zero-order chi connectivity index (χ0) is 14.9. The minimum atomic E-state index is -5.09. The molecule has 1 aromatic rings. The second-order valence-corrected chi connectivity index (χ2v) is 3.90. The average molecular weight is 297 g/mol. The molecule has 1 unspecified atom stereocenters. The summed E-state index contributed by atoms with van der Waals surface area (Å²) in [7, 11) is 0. The molecule has 110 valence electrons. The maximum absolute atomic E-state index is 12.1. The predicted octanol–water partition coefficient (Wildman–Crippen LogP) is 2.50. The first kappa shape index (κ1) is 14.5. The highest BCUT2D eigenvalue weighted by molar-refractivity contribution is 5.76. The molecule has 1 N–H and O–H groups in total. The standard InChI is InChI=1S/C11H8F5NO3/c12-10(13)19-6-1-2-7-5(3-6)4-17-8(7)20-9(18)11(14,15)16/h1-3,8,10,17H,4H2. The summed E-state index contributed by atoms with van der Waals surface area (Å²) in [5, 5.41) is 2.52. The first-order valence-corrected chi connectivity index (χ1v) is 5.36. The van der Waals surface area contributed by atoms with E-state index in [1.165, 1.54) is 12.1 Å². The molecule has 1 atom stereocenters. The van der Waals surface area contributed by atoms with Gasteiger partial charge in [0.2, 0.25) is 0 Å². The first-order chi connectivity index (χ1) is 9.27. The molecular formula is C11H8F5NO3. The Morgan fingerprint density at radius 3 is 2.65 bits per heavy atom. The highest BCUT2D eigenvalue weighted by Gasteiger charge is 2.43. The van der Waals surface area contributed by atoms with Crippen LogP contribution in [0, 0.1) is 0 Å². The molecule has 9 heteroatoms. The maximum Gasteiger partial charge on any atom is 0.490 e. The zero-order valence-corrected chi connectivity index (χ0v) is 9.71. The van der Waals surface area contributed by atoms with E-state index in [-0.39, 0.29) is 17.9 Å². The SMILES string of the molecule is O=C(OC1NCc2cc(OC(F)F)ccc21)C(F)(F)F. The lowest BCUT2D eigenvalue weighted by molar-refractivity contribution is -0.206. The molecule has 1 aliphatic rings. The maximum atomic E-state index is 12.1. The zero-order valence-electron chi connectivity index (χ0n) is 9.71. The van der Waals surface area contributed by atoms with Gasteiger partial charge in [-0.1, -0.05) is 0 Å². The van der Waals surface area contributed by atoms with Gasteiger partial charge in [0.1, 0.15) is 5.75 Å². The van der Waals surface area contributed by atoms with Crippen molar-refractivity contribution in [3.8, 4) is 5.75 Å². The molecule has 4 nitrogen and oxygen atoms in total. The van der Waals surface area contributed by atoms with E-state index in [2.05, 4.69) is 14.8 Å². The van der Waals surface area contributed by atoms with Crippen LogP contribution in [-0.2, 0) is 16.1 Å². The normalized spacial score (nSPS) is 18.0. The summed E-state index contributed by atoms with van der Waals surface area (Å²) in [6, 6.07) is 3.67. The van der Waals surface area contributed by atoms with Gasteiger partial charge in [-0.25, -0.2) is 4.79 Å². The largest absolute Gasteiger partial charge is 0.490 e. The van der Waals surface area contributed by atoms with Crippen LogP contribution in [0.3, 0.4) is 0 Å². The van der Waals surface area contributed by atoms with Crippen molar-refractivity contribution in [1.29, 1.82) is 0 Å². The number of alkyl halides is 5. The van der Waals surface area contributed by atoms with Crippen LogP contribution in [0.4, 0.5) is 22.0 Å². The Bertz CT molecular complexity index is 517. The van der Waals surface area contributed by atoms with Crippen molar-refractivity contribution in [2.75, 3.05) is 0 Å². The van der Waals surface area contributed by atoms with Gasteiger partial charge in [-0.05, 0) is 23.8 Å². The van der Waals surface area contributed by atoms with Crippen molar-refractivity contribution in [1.82, 2.24) is 5.32 Å². The fraction of sp³-hybridized carbons (Fsp3) is 0.364. The minimum absolute atomic E-state index is 0.0750. The number of carbonyl (C=O) groups excluding carboxylic acids is 1. The number of carbonyl (C=O) groups is 1. The van der Waals surface area contributed by atoms with Crippen molar-refractivity contribution < 1.29 is 36.2 Å². The summed E-state index contributed by atoms with van der Waals surface area (Å²) in [6.45, 7) is -2.92. The van der Waals surface area contributed by atoms with Gasteiger partial charge in [0.05, 0.1) is 0 Å². The molecule has 0 fully saturated rings. The quantitative estimate of drug-likeness (QED) is 0.688. The van der Waals surface area contributed by atoms with Crippen LogP contribution in [0.2, 0.25) is 0 Å². The molecule has 0 radical (unpaired) electrons. The molecule has 2 rings (SSSR count). The molecule has 1 aromatic carbocycles. The number of esters is 1. The molecule has 0 aliphatic carbocycles. The number of hydrogen-bond donors (Lipinski definition) is 1. The van der Waals surface area contributed by atoms with Crippen LogP contribution < -0.4 is 10.1 Å². The highest BCUT2D eigenvalue weighted by Crippen LogP contribution is 2.31. The van der Waals surface area contributed by atoms with Gasteiger partial charge < -0.3 is 9.47 Å². The predicted molar refractivity (Wildman–Crippen MR) is 54.8 cm³/mol. The van der Waals surface area contributed by atoms with Gasteiger partial charge in [0.25, 0.3) is 0 Å². The van der Waals surface area contributed by atoms with Crippen molar-refractivity contribution in [2.24, 2.45) is 0 Å². The fourth-order valence-corrected chi connectivity index (χ4v) is 1.76. The Hall–Kier alpha value is -1.90. The summed E-state index contributed by atoms with van der Waals surface area (Å²) < 4.78 is 68.7. The van der Waals surface area contributed by atoms with Gasteiger partial charge in [0, 0.05) is 12.1 Å². The molecule has 0 amide bonds. The van der Waals surface area contributed by atoms with Crippen LogP contribution in [-0.4, -0.2) is 18.8 Å². The van der Waals surface area contributed by atoms with Gasteiger partial charge in [-0.2, -0.15) is 22.0 Å². The molecule has 1 heterocycles. The average Bonchev–Trinajstić information content (AvgIpc) is 2.70. The Balaban J connectivity index is 2.12. The van der Waals surface area contributed by atoms with Crippen LogP contribution in [0.1, 0.15) is 17.4 Å². The van der Waals surface area contributed by atoms with E-state index >= 15 is 0 Å². The molecule has 1 aliphatic heterocycles. The summed E-state index contributed by atoms with van der Waals surface area (Å²) in [6.07, 6.45) is -6.36. The molecule has 0 aromatic heterocycles. The molecular weight excluding hydrogens is 289 g/mol. The lowest BCUT2D eigenvalue weighted by Gasteiger charge is -2.15. The first-order valence-electron chi connectivity index (χ1n) is 5.36. The monoisotopic (exact) mass is 297 g/mol. The second kappa shape index (κ2) is 5.23. The number of halogens is 5. The number of hydrogen-bond acceptors (Lipinski definition) is 4. The Morgan fingerprint density at radius 2 is 2.05 bits per heavy atom. The van der Waals surface area contributed by atoms with Crippen LogP contribution in [0.15, 0.2) is 18.2 Å². The van der Waals surface area contributed by atoms with E-state index in [0.717, 1.165) is 6.07 Å². The van der Waals surface area contributed by atoms with Gasteiger partial charge >= 0.3 is 18.8 Å². The van der Waals surface area contributed by atoms with E-state index in [1.54, 1.807) is 0 Å². The van der Waals surface area contributed by atoms with Crippen LogP contribution in [0.25, 0.3) is 0 Å². The molecule has 0 saturated carbocycles. The lowest BCUT2D eigenvalue weighted by Crippen LogP contribution is -2.30. The topological polar surface area (TPSA) is 47.6 Å². The second-order valence-electron chi connectivity index (χ2n) is 3.90. The van der Waals surface area contributed by atoms with E-state index in [1.807, 2.05) is 0 Å². The summed E-state index contributed by atoms with van der Waals surface area (Å²) >= 11 is 0. The number of fused-ring (bicyclic) bond motifs is 1. The van der Waals surface area contributed by atoms with Crippen LogP contribution >= 0.6 is 0 Å². The molecule has 20 heavy (non-hydrogen) atoms. The number of rotatable bonds is 3. The van der Waals surface area contributed by atoms with E-state index in [0.29, 0.717) is 5.56 Å². The lowest BCUT2D eigenvalue weighted by atomic mass is 10.1. The minimum Gasteiger partial charge on any atom is -0.436 e. The van der Waals surface area contributed by atoms with Crippen molar-refractivity contribution in [3.05, 3.63) is 29.3 Å². The fourth-order valence-electron chi connectivity index (χ4n) is 1.76. The summed E-state index contributed by atoms with van der Waals surface area (Å²) in [5.74, 6) is -2.45. The van der Waals surface area contributed by atoms with E-state index in [9.17, 15) is 26.7 Å². The summed E-state index contributed by atoms with van der Waals surface area (Å²) in [4.78, 5) is 10.7. The number of nitrogens with one attached hydrogen (secondary N) is 1. The third kappa shape index (κ3) is 3.16. The van der Waals surface area contributed by atoms with Gasteiger partial charge in [-0.3, -0.25) is 5.32 Å². The molecule has 0 bridgehead atoms. The Morgan fingerprint density at radius 1 is 1.35 bits per heavy atom. The Kier molecular flexibility index (Phi) is 3.80. The van der Waals surface area contributed by atoms with E-state index in [4.69, 9.17) is 0 Å². The van der Waals surface area contributed by atoms with Crippen molar-refractivity contribution >= 4 is 5.97 Å². The molecule has 0 saturated heterocycles. The third-order valence-corrected chi connectivity index (χ3v) is 2.56. The Labute approximate surface area is 109 Å². The highest BCUT2D eigenvalue weighted by atomic mass is 19.4. The summed E-state index contributed by atoms with van der Waals surface area (Å²) in [5.41, 5.74) is 0.687. The van der Waals surface area contributed by atoms with E-state index < -0.39 is 25.0 Å². The van der Waals surface area contributed by atoms with Gasteiger partial charge in [-0.15, -0.1) is 0 Å². The molecule has 0 spiro atoms. The van der Waals surface area contributed by atoms with Crippen LogP contribution in [0.5, 0.6) is 5.75 Å². The van der Waals surface area contributed by atoms with Gasteiger partial charge in [0.15, 0.2) is 6.23 Å².